The van der Waals surface area contributed by atoms with Crippen LogP contribution >= 0.6 is 0 Å². The molecule has 1 aliphatic heterocycles. The van der Waals surface area contributed by atoms with Crippen LogP contribution in [0, 0.1) is 0 Å². The number of aliphatic hydroxyl groups is 1. The molecule has 5 heteroatoms. The number of carbonyl (C=O) groups excluding carboxylic acids is 1. The van der Waals surface area contributed by atoms with Crippen LogP contribution in [0.15, 0.2) is 24.3 Å². The van der Waals surface area contributed by atoms with E-state index in [1.165, 1.54) is 0 Å². The molecular formula is C14H20N2O3. The van der Waals surface area contributed by atoms with E-state index in [2.05, 4.69) is 0 Å². The third kappa shape index (κ3) is 2.88. The molecule has 0 aromatic heterocycles. The van der Waals surface area contributed by atoms with Crippen LogP contribution in [0.1, 0.15) is 6.42 Å². The van der Waals surface area contributed by atoms with Crippen molar-refractivity contribution in [3.63, 3.8) is 0 Å². The summed E-state index contributed by atoms with van der Waals surface area (Å²) in [7, 11) is 3.54. The number of methoxy groups -OCH3 is 1. The summed E-state index contributed by atoms with van der Waals surface area (Å²) in [5.74, 6) is 0.824. The number of benzene rings is 1. The maximum absolute atomic E-state index is 12.4. The van der Waals surface area contributed by atoms with Crippen molar-refractivity contribution in [2.45, 2.75) is 12.5 Å². The van der Waals surface area contributed by atoms with Gasteiger partial charge in [0.1, 0.15) is 5.75 Å². The molecule has 1 aliphatic rings. The number of nitrogens with zero attached hydrogens (tertiary/aromatic N) is 2. The Labute approximate surface area is 113 Å². The zero-order valence-corrected chi connectivity index (χ0v) is 11.4. The van der Waals surface area contributed by atoms with E-state index in [0.29, 0.717) is 13.0 Å². The van der Waals surface area contributed by atoms with Gasteiger partial charge in [-0.05, 0) is 37.7 Å². The van der Waals surface area contributed by atoms with E-state index >= 15 is 0 Å². The van der Waals surface area contributed by atoms with Crippen molar-refractivity contribution in [3.05, 3.63) is 24.3 Å². The predicted octanol–water partition coefficient (Wildman–Crippen LogP) is 0.725. The van der Waals surface area contributed by atoms with Crippen LogP contribution in [-0.2, 0) is 4.79 Å². The molecule has 5 nitrogen and oxygen atoms in total. The zero-order valence-electron chi connectivity index (χ0n) is 11.4. The van der Waals surface area contributed by atoms with Gasteiger partial charge < -0.3 is 14.7 Å². The molecule has 0 aliphatic carbocycles. The fourth-order valence-electron chi connectivity index (χ4n) is 2.38. The van der Waals surface area contributed by atoms with Gasteiger partial charge in [-0.3, -0.25) is 9.69 Å². The fraction of sp³-hybridized carbons (Fsp3) is 0.500. The molecule has 0 saturated carbocycles. The number of amides is 1. The Hall–Kier alpha value is -1.59. The van der Waals surface area contributed by atoms with Crippen LogP contribution in [0.3, 0.4) is 0 Å². The van der Waals surface area contributed by atoms with Crippen LogP contribution in [0.25, 0.3) is 0 Å². The van der Waals surface area contributed by atoms with Crippen molar-refractivity contribution in [3.8, 4) is 5.75 Å². The highest BCUT2D eigenvalue weighted by Gasteiger charge is 2.32. The minimum absolute atomic E-state index is 0.0250. The number of hydrogen-bond donors (Lipinski definition) is 1. The van der Waals surface area contributed by atoms with Crippen LogP contribution in [0.2, 0.25) is 0 Å². The Morgan fingerprint density at radius 1 is 1.32 bits per heavy atom. The van der Waals surface area contributed by atoms with Crippen molar-refractivity contribution in [2.75, 3.05) is 38.8 Å². The monoisotopic (exact) mass is 264 g/mol. The number of anilines is 1. The highest BCUT2D eigenvalue weighted by atomic mass is 16.5. The summed E-state index contributed by atoms with van der Waals surface area (Å²) in [5.41, 5.74) is 0.877. The largest absolute Gasteiger partial charge is 0.497 e. The third-order valence-corrected chi connectivity index (χ3v) is 3.55. The molecular weight excluding hydrogens is 244 g/mol. The Balaban J connectivity index is 2.17. The van der Waals surface area contributed by atoms with Gasteiger partial charge in [-0.25, -0.2) is 0 Å². The van der Waals surface area contributed by atoms with E-state index in [0.717, 1.165) is 18.0 Å². The summed E-state index contributed by atoms with van der Waals surface area (Å²) in [6, 6.07) is 7.24. The van der Waals surface area contributed by atoms with Crippen LogP contribution in [0.4, 0.5) is 5.69 Å². The van der Waals surface area contributed by atoms with Gasteiger partial charge in [0.15, 0.2) is 0 Å². The lowest BCUT2D eigenvalue weighted by Crippen LogP contribution is -2.56. The molecule has 1 aromatic rings. The highest BCUT2D eigenvalue weighted by molar-refractivity contribution is 5.98. The van der Waals surface area contributed by atoms with E-state index in [1.807, 2.05) is 36.2 Å². The summed E-state index contributed by atoms with van der Waals surface area (Å²) in [6.07, 6.45) is 0.474. The molecule has 1 N–H and O–H groups in total. The highest BCUT2D eigenvalue weighted by Crippen LogP contribution is 2.23. The van der Waals surface area contributed by atoms with Crippen molar-refractivity contribution in [1.29, 1.82) is 0 Å². The molecule has 1 fully saturated rings. The molecule has 1 unspecified atom stereocenters. The van der Waals surface area contributed by atoms with Gasteiger partial charge in [-0.2, -0.15) is 0 Å². The number of rotatable bonds is 4. The standard InChI is InChI=1S/C14H20N2O3/c1-15-8-9-16(14(18)13(15)7-10-17)11-3-5-12(19-2)6-4-11/h3-6,13,17H,7-10H2,1-2H3. The van der Waals surface area contributed by atoms with Gasteiger partial charge in [0.05, 0.1) is 13.2 Å². The number of aliphatic hydroxyl groups excluding tert-OH is 1. The molecule has 19 heavy (non-hydrogen) atoms. The lowest BCUT2D eigenvalue weighted by atomic mass is 10.1. The van der Waals surface area contributed by atoms with E-state index in [4.69, 9.17) is 9.84 Å². The van der Waals surface area contributed by atoms with Crippen LogP contribution in [-0.4, -0.2) is 55.8 Å². The lowest BCUT2D eigenvalue weighted by Gasteiger charge is -2.38. The van der Waals surface area contributed by atoms with Gasteiger partial charge in [0.2, 0.25) is 5.91 Å². The topological polar surface area (TPSA) is 53.0 Å². The minimum atomic E-state index is -0.235. The summed E-state index contributed by atoms with van der Waals surface area (Å²) >= 11 is 0. The van der Waals surface area contributed by atoms with Gasteiger partial charge in [0.25, 0.3) is 0 Å². The maximum atomic E-state index is 12.4. The van der Waals surface area contributed by atoms with E-state index < -0.39 is 0 Å². The molecule has 1 aromatic carbocycles. The second kappa shape index (κ2) is 6.04. The number of hydrogen-bond acceptors (Lipinski definition) is 4. The van der Waals surface area contributed by atoms with Gasteiger partial charge in [-0.1, -0.05) is 0 Å². The third-order valence-electron chi connectivity index (χ3n) is 3.55. The quantitative estimate of drug-likeness (QED) is 0.871. The average molecular weight is 264 g/mol. The number of carbonyl (C=O) groups is 1. The van der Waals surface area contributed by atoms with Gasteiger partial charge in [0, 0.05) is 25.4 Å². The second-order valence-electron chi connectivity index (χ2n) is 4.70. The average Bonchev–Trinajstić information content (AvgIpc) is 2.44. The molecule has 2 rings (SSSR count). The number of ether oxygens (including phenoxy) is 1. The zero-order chi connectivity index (χ0) is 13.8. The van der Waals surface area contributed by atoms with Gasteiger partial charge in [-0.15, -0.1) is 0 Å². The maximum Gasteiger partial charge on any atom is 0.244 e. The molecule has 1 amide bonds. The van der Waals surface area contributed by atoms with Crippen molar-refractivity contribution >= 4 is 11.6 Å². The smallest absolute Gasteiger partial charge is 0.244 e. The Bertz CT molecular complexity index is 433. The summed E-state index contributed by atoms with van der Waals surface area (Å²) < 4.78 is 5.12. The first-order valence-electron chi connectivity index (χ1n) is 6.44. The Morgan fingerprint density at radius 3 is 2.58 bits per heavy atom. The molecule has 1 heterocycles. The summed E-state index contributed by atoms with van der Waals surface area (Å²) in [4.78, 5) is 16.2. The summed E-state index contributed by atoms with van der Waals surface area (Å²) in [5, 5.41) is 9.07. The molecule has 104 valence electrons. The molecule has 1 saturated heterocycles. The Morgan fingerprint density at radius 2 is 2.00 bits per heavy atom. The predicted molar refractivity (Wildman–Crippen MR) is 73.5 cm³/mol. The Kier molecular flexibility index (Phi) is 4.39. The first-order chi connectivity index (χ1) is 9.17. The van der Waals surface area contributed by atoms with Crippen molar-refractivity contribution < 1.29 is 14.6 Å². The minimum Gasteiger partial charge on any atom is -0.497 e. The first kappa shape index (κ1) is 13.8. The normalized spacial score (nSPS) is 20.7. The molecule has 0 bridgehead atoms. The SMILES string of the molecule is COc1ccc(N2CCN(C)C(CCO)C2=O)cc1. The van der Waals surface area contributed by atoms with E-state index in [9.17, 15) is 4.79 Å². The van der Waals surface area contributed by atoms with Crippen molar-refractivity contribution in [1.82, 2.24) is 4.90 Å². The van der Waals surface area contributed by atoms with E-state index in [-0.39, 0.29) is 18.6 Å². The molecule has 1 atom stereocenters. The first-order valence-corrected chi connectivity index (χ1v) is 6.44. The molecule has 0 spiro atoms. The van der Waals surface area contributed by atoms with Crippen LogP contribution in [0.5, 0.6) is 5.75 Å². The summed E-state index contributed by atoms with van der Waals surface area (Å²) in [6.45, 7) is 1.50. The fourth-order valence-corrected chi connectivity index (χ4v) is 2.38. The van der Waals surface area contributed by atoms with E-state index in [1.54, 1.807) is 12.0 Å². The molecule has 0 radical (unpaired) electrons. The lowest BCUT2D eigenvalue weighted by molar-refractivity contribution is -0.125. The number of likely N-dealkylation sites (N-methyl/N-ethyl adjacent to an activating group) is 1. The number of piperazine rings is 1. The van der Waals surface area contributed by atoms with Crippen LogP contribution < -0.4 is 9.64 Å². The van der Waals surface area contributed by atoms with Crippen molar-refractivity contribution in [2.24, 2.45) is 0 Å². The second-order valence-corrected chi connectivity index (χ2v) is 4.70. The van der Waals surface area contributed by atoms with Gasteiger partial charge >= 0.3 is 0 Å².